The number of hydrogen-bond donors (Lipinski definition) is 0. The van der Waals surface area contributed by atoms with Crippen molar-refractivity contribution in [3.05, 3.63) is 21.4 Å². The van der Waals surface area contributed by atoms with Gasteiger partial charge < -0.3 is 4.74 Å². The maximum Gasteiger partial charge on any atom is 0.314 e. The Hall–Kier alpha value is -1.23. The van der Waals surface area contributed by atoms with Crippen molar-refractivity contribution in [2.45, 2.75) is 90.3 Å². The lowest BCUT2D eigenvalue weighted by Gasteiger charge is -2.57. The molecule has 6 atom stereocenters. The SMILES string of the molecule is C[C@@]12CCC[C@H]1[C@@H]1CCC3=C([N+](=O)[O-])C(=O)C(OC4CC4)C[C@]3(C)[C@H]1CC2. The van der Waals surface area contributed by atoms with Gasteiger partial charge in [0.2, 0.25) is 0 Å². The van der Waals surface area contributed by atoms with E-state index in [1.165, 1.54) is 25.7 Å². The molecule has 1 unspecified atom stereocenters. The first kappa shape index (κ1) is 17.8. The molecule has 4 saturated carbocycles. The number of rotatable bonds is 3. The van der Waals surface area contributed by atoms with E-state index in [1.54, 1.807) is 0 Å². The second-order valence-electron chi connectivity index (χ2n) is 10.4. The van der Waals surface area contributed by atoms with E-state index in [-0.39, 0.29) is 23.0 Å². The van der Waals surface area contributed by atoms with Crippen molar-refractivity contribution in [2.24, 2.45) is 28.6 Å². The van der Waals surface area contributed by atoms with Crippen molar-refractivity contribution in [3.63, 3.8) is 0 Å². The number of allylic oxidation sites excluding steroid dienone is 1. The molecule has 5 nitrogen and oxygen atoms in total. The van der Waals surface area contributed by atoms with Crippen molar-refractivity contribution >= 4 is 5.78 Å². The molecule has 4 fully saturated rings. The highest BCUT2D eigenvalue weighted by Gasteiger charge is 2.60. The molecule has 0 radical (unpaired) electrons. The maximum atomic E-state index is 12.9. The maximum absolute atomic E-state index is 12.9. The van der Waals surface area contributed by atoms with E-state index < -0.39 is 11.0 Å². The van der Waals surface area contributed by atoms with Crippen LogP contribution >= 0.6 is 0 Å². The summed E-state index contributed by atoms with van der Waals surface area (Å²) >= 11 is 0. The molecule has 5 aliphatic carbocycles. The fraction of sp³-hybridized carbons (Fsp3) is 0.864. The predicted molar refractivity (Wildman–Crippen MR) is 101 cm³/mol. The van der Waals surface area contributed by atoms with Gasteiger partial charge in [-0.25, -0.2) is 0 Å². The smallest absolute Gasteiger partial charge is 0.314 e. The van der Waals surface area contributed by atoms with Crippen LogP contribution in [0.1, 0.15) is 78.1 Å². The summed E-state index contributed by atoms with van der Waals surface area (Å²) in [5, 5.41) is 11.9. The Balaban J connectivity index is 1.54. The molecule has 5 aliphatic rings. The van der Waals surface area contributed by atoms with Crippen molar-refractivity contribution in [3.8, 4) is 0 Å². The Bertz CT molecular complexity index is 726. The van der Waals surface area contributed by atoms with Crippen molar-refractivity contribution in [1.29, 1.82) is 0 Å². The summed E-state index contributed by atoms with van der Waals surface area (Å²) in [4.78, 5) is 24.4. The summed E-state index contributed by atoms with van der Waals surface area (Å²) in [6.45, 7) is 4.69. The van der Waals surface area contributed by atoms with Crippen LogP contribution in [0.15, 0.2) is 11.3 Å². The van der Waals surface area contributed by atoms with Gasteiger partial charge in [0.15, 0.2) is 0 Å². The highest BCUT2D eigenvalue weighted by atomic mass is 16.6. The summed E-state index contributed by atoms with van der Waals surface area (Å²) < 4.78 is 6.01. The lowest BCUT2D eigenvalue weighted by atomic mass is 9.47. The number of fused-ring (bicyclic) bond motifs is 5. The van der Waals surface area contributed by atoms with Gasteiger partial charge in [0, 0.05) is 11.0 Å². The number of nitrogens with zero attached hydrogens (tertiary/aromatic N) is 1. The van der Waals surface area contributed by atoms with Crippen molar-refractivity contribution in [2.75, 3.05) is 0 Å². The van der Waals surface area contributed by atoms with Gasteiger partial charge >= 0.3 is 5.70 Å². The van der Waals surface area contributed by atoms with Crippen molar-refractivity contribution < 1.29 is 14.5 Å². The van der Waals surface area contributed by atoms with Gasteiger partial charge in [-0.1, -0.05) is 20.3 Å². The number of ketones is 1. The van der Waals surface area contributed by atoms with Gasteiger partial charge in [-0.15, -0.1) is 0 Å². The summed E-state index contributed by atoms with van der Waals surface area (Å²) in [5.41, 5.74) is 0.950. The average molecular weight is 373 g/mol. The monoisotopic (exact) mass is 373 g/mol. The van der Waals surface area contributed by atoms with Crippen molar-refractivity contribution in [1.82, 2.24) is 0 Å². The quantitative estimate of drug-likeness (QED) is 0.532. The number of hydrogen-bond acceptors (Lipinski definition) is 4. The number of Topliss-reactive ketones (excluding diaryl/α,β-unsaturated/α-hetero) is 1. The molecular formula is C22H31NO4. The molecule has 5 heteroatoms. The molecule has 0 saturated heterocycles. The van der Waals surface area contributed by atoms with Crippen LogP contribution in [0.3, 0.4) is 0 Å². The Morgan fingerprint density at radius 3 is 2.56 bits per heavy atom. The predicted octanol–water partition coefficient (Wildman–Crippen LogP) is 4.67. The van der Waals surface area contributed by atoms with Gasteiger partial charge in [0.1, 0.15) is 6.10 Å². The standard InChI is InChI=1S/C22H31NO4/c1-21-10-3-4-15(21)14-7-8-17-19(23(25)26)20(24)18(27-13-5-6-13)12-22(17,2)16(14)9-11-21/h13-16,18H,3-12H2,1-2H3/t14-,15-,16-,18?,21-,22+/m0/s1. The minimum atomic E-state index is -0.609. The van der Waals surface area contributed by atoms with Gasteiger partial charge in [-0.05, 0) is 81.0 Å². The first-order chi connectivity index (χ1) is 12.8. The molecule has 0 aliphatic heterocycles. The third-order valence-electron chi connectivity index (χ3n) is 8.94. The summed E-state index contributed by atoms with van der Waals surface area (Å²) in [5.74, 6) is 1.52. The Labute approximate surface area is 161 Å². The first-order valence-electron chi connectivity index (χ1n) is 10.9. The Morgan fingerprint density at radius 2 is 1.85 bits per heavy atom. The topological polar surface area (TPSA) is 69.4 Å². The van der Waals surface area contributed by atoms with E-state index in [1.807, 2.05) is 0 Å². The molecule has 0 aromatic rings. The molecular weight excluding hydrogens is 342 g/mol. The second-order valence-corrected chi connectivity index (χ2v) is 10.4. The number of ether oxygens (including phenoxy) is 1. The van der Waals surface area contributed by atoms with Crippen LogP contribution in [0.25, 0.3) is 0 Å². The van der Waals surface area contributed by atoms with Gasteiger partial charge in [-0.3, -0.25) is 14.9 Å². The van der Waals surface area contributed by atoms with E-state index in [2.05, 4.69) is 13.8 Å². The van der Waals surface area contributed by atoms with E-state index >= 15 is 0 Å². The lowest BCUT2D eigenvalue weighted by molar-refractivity contribution is -0.423. The summed E-state index contributed by atoms with van der Waals surface area (Å²) in [7, 11) is 0. The molecule has 0 bridgehead atoms. The van der Waals surface area contributed by atoms with Crippen LogP contribution in [0.4, 0.5) is 0 Å². The van der Waals surface area contributed by atoms with Gasteiger partial charge in [0.05, 0.1) is 11.0 Å². The minimum absolute atomic E-state index is 0.118. The fourth-order valence-electron chi connectivity index (χ4n) is 7.48. The Kier molecular flexibility index (Phi) is 3.89. The van der Waals surface area contributed by atoms with Crippen LogP contribution in [0.5, 0.6) is 0 Å². The van der Waals surface area contributed by atoms with Gasteiger partial charge in [0.25, 0.3) is 5.78 Å². The lowest BCUT2D eigenvalue weighted by Crippen LogP contribution is -2.53. The zero-order chi connectivity index (χ0) is 19.0. The summed E-state index contributed by atoms with van der Waals surface area (Å²) in [6, 6.07) is 0. The van der Waals surface area contributed by atoms with E-state index in [9.17, 15) is 14.9 Å². The largest absolute Gasteiger partial charge is 0.367 e. The molecule has 0 aromatic heterocycles. The minimum Gasteiger partial charge on any atom is -0.367 e. The van der Waals surface area contributed by atoms with E-state index in [0.717, 1.165) is 43.6 Å². The third-order valence-corrected chi connectivity index (χ3v) is 8.94. The molecule has 0 amide bonds. The van der Waals surface area contributed by atoms with E-state index in [4.69, 9.17) is 4.74 Å². The highest BCUT2D eigenvalue weighted by molar-refractivity contribution is 5.98. The number of nitro groups is 1. The van der Waals surface area contributed by atoms with Crippen LogP contribution in [-0.4, -0.2) is 22.9 Å². The van der Waals surface area contributed by atoms with E-state index in [0.29, 0.717) is 23.7 Å². The molecule has 0 heterocycles. The molecule has 27 heavy (non-hydrogen) atoms. The normalized spacial score (nSPS) is 46.7. The molecule has 5 rings (SSSR count). The van der Waals surface area contributed by atoms with Crippen LogP contribution in [0, 0.1) is 38.7 Å². The highest BCUT2D eigenvalue weighted by Crippen LogP contribution is 2.66. The zero-order valence-electron chi connectivity index (χ0n) is 16.5. The average Bonchev–Trinajstić information content (AvgIpc) is 3.33. The fourth-order valence-corrected chi connectivity index (χ4v) is 7.48. The third kappa shape index (κ3) is 2.56. The van der Waals surface area contributed by atoms with Gasteiger partial charge in [-0.2, -0.15) is 0 Å². The first-order valence-corrected chi connectivity index (χ1v) is 10.9. The molecule has 148 valence electrons. The van der Waals surface area contributed by atoms with Crippen LogP contribution < -0.4 is 0 Å². The molecule has 0 aromatic carbocycles. The summed E-state index contributed by atoms with van der Waals surface area (Å²) in [6.07, 6.45) is 10.3. The second kappa shape index (κ2) is 5.88. The number of carbonyl (C=O) groups is 1. The molecule has 0 N–H and O–H groups in total. The Morgan fingerprint density at radius 1 is 1.07 bits per heavy atom. The van der Waals surface area contributed by atoms with Crippen LogP contribution in [0.2, 0.25) is 0 Å². The number of carbonyl (C=O) groups excluding carboxylic acids is 1. The van der Waals surface area contributed by atoms with Crippen LogP contribution in [-0.2, 0) is 9.53 Å². The zero-order valence-corrected chi connectivity index (χ0v) is 16.5. The molecule has 0 spiro atoms.